The molecule has 0 aliphatic heterocycles. The van der Waals surface area contributed by atoms with E-state index in [9.17, 15) is 22.8 Å². The van der Waals surface area contributed by atoms with E-state index in [4.69, 9.17) is 4.74 Å². The Kier molecular flexibility index (Phi) is 7.99. The van der Waals surface area contributed by atoms with Gasteiger partial charge in [-0.15, -0.1) is 0 Å². The number of carbonyl (C=O) groups excluding carboxylic acids is 2. The maximum Gasteiger partial charge on any atom is 0.416 e. The van der Waals surface area contributed by atoms with Gasteiger partial charge >= 0.3 is 12.1 Å². The lowest BCUT2D eigenvalue weighted by Crippen LogP contribution is -2.29. The van der Waals surface area contributed by atoms with Gasteiger partial charge in [0, 0.05) is 36.4 Å². The van der Waals surface area contributed by atoms with Gasteiger partial charge in [0.25, 0.3) is 0 Å². The number of ether oxygens (including phenoxy) is 1. The molecule has 0 radical (unpaired) electrons. The van der Waals surface area contributed by atoms with Crippen molar-refractivity contribution in [3.63, 3.8) is 0 Å². The van der Waals surface area contributed by atoms with E-state index in [0.29, 0.717) is 36.6 Å². The minimum absolute atomic E-state index is 0.146. The van der Waals surface area contributed by atoms with E-state index in [0.717, 1.165) is 23.0 Å². The average molecular weight is 488 g/mol. The van der Waals surface area contributed by atoms with Gasteiger partial charge in [-0.1, -0.05) is 26.0 Å². The summed E-state index contributed by atoms with van der Waals surface area (Å²) in [5.41, 5.74) is 1.04. The fraction of sp³-hybridized carbons (Fsp3) is 0.346. The number of esters is 1. The van der Waals surface area contributed by atoms with E-state index in [2.05, 4.69) is 15.6 Å². The molecule has 35 heavy (non-hydrogen) atoms. The van der Waals surface area contributed by atoms with Gasteiger partial charge in [0.05, 0.1) is 17.7 Å². The molecule has 2 aromatic carbocycles. The van der Waals surface area contributed by atoms with E-state index < -0.39 is 11.7 Å². The number of anilines is 2. The van der Waals surface area contributed by atoms with Crippen LogP contribution in [-0.4, -0.2) is 30.0 Å². The van der Waals surface area contributed by atoms with Gasteiger partial charge in [-0.3, -0.25) is 9.59 Å². The number of nitrogens with one attached hydrogen (secondary N) is 2. The second-order valence-corrected chi connectivity index (χ2v) is 9.14. The van der Waals surface area contributed by atoms with E-state index in [1.165, 1.54) is 19.1 Å². The van der Waals surface area contributed by atoms with Gasteiger partial charge in [0.15, 0.2) is 0 Å². The van der Waals surface area contributed by atoms with Gasteiger partial charge in [0.2, 0.25) is 5.91 Å². The first-order valence-electron chi connectivity index (χ1n) is 11.2. The summed E-state index contributed by atoms with van der Waals surface area (Å²) >= 11 is 0. The molecule has 0 bridgehead atoms. The number of amides is 1. The molecule has 3 rings (SSSR count). The largest absolute Gasteiger partial charge is 0.465 e. The minimum Gasteiger partial charge on any atom is -0.465 e. The van der Waals surface area contributed by atoms with E-state index in [-0.39, 0.29) is 23.7 Å². The Labute approximate surface area is 201 Å². The van der Waals surface area contributed by atoms with Crippen molar-refractivity contribution in [3.05, 3.63) is 65.7 Å². The van der Waals surface area contributed by atoms with Crippen LogP contribution in [0.1, 0.15) is 38.3 Å². The summed E-state index contributed by atoms with van der Waals surface area (Å²) in [5.74, 6) is 0.136. The third-order valence-corrected chi connectivity index (χ3v) is 5.31. The molecule has 2 N–H and O–H groups in total. The fourth-order valence-corrected chi connectivity index (χ4v) is 3.32. The summed E-state index contributed by atoms with van der Waals surface area (Å²) in [6, 6.07) is 13.9. The zero-order valence-electron chi connectivity index (χ0n) is 19.8. The number of rotatable bonds is 9. The second-order valence-electron chi connectivity index (χ2n) is 9.14. The topological polar surface area (TPSA) is 80.3 Å². The Morgan fingerprint density at radius 2 is 1.71 bits per heavy atom. The number of aryl methyl sites for hydroxylation is 1. The number of hydrogen-bond acceptors (Lipinski definition) is 5. The highest BCUT2D eigenvalue weighted by molar-refractivity contribution is 5.94. The highest BCUT2D eigenvalue weighted by atomic mass is 19.4. The molecule has 0 saturated carbocycles. The van der Waals surface area contributed by atoms with Crippen molar-refractivity contribution >= 4 is 34.3 Å². The lowest BCUT2D eigenvalue weighted by Gasteiger charge is -2.24. The molecule has 1 heterocycles. The Balaban J connectivity index is 1.54. The zero-order chi connectivity index (χ0) is 25.6. The molecular formula is C26H28F3N3O3. The molecule has 0 aliphatic carbocycles. The van der Waals surface area contributed by atoms with Crippen LogP contribution in [0.15, 0.2) is 54.6 Å². The number of carbonyl (C=O) groups is 2. The quantitative estimate of drug-likeness (QED) is 0.372. The summed E-state index contributed by atoms with van der Waals surface area (Å²) in [6.07, 6.45) is -3.89. The Hall–Kier alpha value is -3.62. The number of benzene rings is 2. The van der Waals surface area contributed by atoms with Crippen LogP contribution >= 0.6 is 0 Å². The number of halogens is 3. The first kappa shape index (κ1) is 26.0. The molecular weight excluding hydrogens is 459 g/mol. The van der Waals surface area contributed by atoms with Crippen molar-refractivity contribution in [2.24, 2.45) is 5.41 Å². The molecule has 0 unspecified atom stereocenters. The molecule has 0 aliphatic rings. The number of hydrogen-bond donors (Lipinski definition) is 2. The van der Waals surface area contributed by atoms with Crippen molar-refractivity contribution in [2.75, 3.05) is 23.8 Å². The lowest BCUT2D eigenvalue weighted by molar-refractivity contribution is -0.143. The summed E-state index contributed by atoms with van der Waals surface area (Å²) in [7, 11) is 0. The van der Waals surface area contributed by atoms with Crippen molar-refractivity contribution in [1.82, 2.24) is 4.98 Å². The molecule has 0 atom stereocenters. The third kappa shape index (κ3) is 7.98. The highest BCUT2D eigenvalue weighted by Crippen LogP contribution is 2.29. The van der Waals surface area contributed by atoms with Gasteiger partial charge < -0.3 is 15.4 Å². The van der Waals surface area contributed by atoms with Gasteiger partial charge in [-0.2, -0.15) is 13.2 Å². The van der Waals surface area contributed by atoms with Crippen molar-refractivity contribution in [2.45, 2.75) is 39.8 Å². The predicted octanol–water partition coefficient (Wildman–Crippen LogP) is 5.83. The maximum atomic E-state index is 12.7. The lowest BCUT2D eigenvalue weighted by atomic mass is 9.95. The molecule has 3 aromatic rings. The fourth-order valence-electron chi connectivity index (χ4n) is 3.32. The van der Waals surface area contributed by atoms with Crippen molar-refractivity contribution in [1.29, 1.82) is 0 Å². The van der Waals surface area contributed by atoms with Gasteiger partial charge in [0.1, 0.15) is 5.82 Å². The van der Waals surface area contributed by atoms with E-state index in [1.54, 1.807) is 12.1 Å². The molecule has 9 heteroatoms. The monoisotopic (exact) mass is 487 g/mol. The molecule has 6 nitrogen and oxygen atoms in total. The molecule has 0 fully saturated rings. The smallest absolute Gasteiger partial charge is 0.416 e. The van der Waals surface area contributed by atoms with Crippen LogP contribution in [0.5, 0.6) is 0 Å². The standard InChI is InChI=1S/C26H28F3N3O3/c1-17(33)35-16-25(2,3)15-30-23-12-7-19-14-21(10-11-22(19)32-23)31-24(34)13-6-18-4-8-20(9-5-18)26(27,28)29/h4-5,7-12,14H,6,13,15-16H2,1-3H3,(H,30,32)(H,31,34). The average Bonchev–Trinajstić information content (AvgIpc) is 2.80. The number of fused-ring (bicyclic) bond motifs is 1. The number of aromatic nitrogens is 1. The summed E-state index contributed by atoms with van der Waals surface area (Å²) < 4.78 is 43.1. The Morgan fingerprint density at radius 3 is 2.37 bits per heavy atom. The number of nitrogens with zero attached hydrogens (tertiary/aromatic N) is 1. The van der Waals surface area contributed by atoms with Crippen molar-refractivity contribution in [3.8, 4) is 0 Å². The van der Waals surface area contributed by atoms with Gasteiger partial charge in [-0.05, 0) is 54.4 Å². The SMILES string of the molecule is CC(=O)OCC(C)(C)CNc1ccc2cc(NC(=O)CCc3ccc(C(F)(F)F)cc3)ccc2n1. The molecule has 1 aromatic heterocycles. The normalized spacial score (nSPS) is 11.8. The maximum absolute atomic E-state index is 12.7. The van der Waals surface area contributed by atoms with Crippen LogP contribution in [0.2, 0.25) is 0 Å². The third-order valence-electron chi connectivity index (χ3n) is 5.31. The van der Waals surface area contributed by atoms with Crippen LogP contribution in [0.4, 0.5) is 24.7 Å². The van der Waals surface area contributed by atoms with Crippen LogP contribution in [0, 0.1) is 5.41 Å². The van der Waals surface area contributed by atoms with Crippen LogP contribution in [0.25, 0.3) is 10.9 Å². The first-order chi connectivity index (χ1) is 16.4. The van der Waals surface area contributed by atoms with Crippen LogP contribution in [0.3, 0.4) is 0 Å². The van der Waals surface area contributed by atoms with Crippen LogP contribution in [-0.2, 0) is 26.9 Å². The molecule has 0 spiro atoms. The molecule has 0 saturated heterocycles. The minimum atomic E-state index is -4.38. The van der Waals surface area contributed by atoms with Gasteiger partial charge in [-0.25, -0.2) is 4.98 Å². The second kappa shape index (κ2) is 10.8. The highest BCUT2D eigenvalue weighted by Gasteiger charge is 2.29. The molecule has 1 amide bonds. The Bertz CT molecular complexity index is 1190. The Morgan fingerprint density at radius 1 is 1.00 bits per heavy atom. The van der Waals surface area contributed by atoms with E-state index >= 15 is 0 Å². The number of alkyl halides is 3. The summed E-state index contributed by atoms with van der Waals surface area (Å²) in [6.45, 7) is 6.20. The predicted molar refractivity (Wildman–Crippen MR) is 129 cm³/mol. The zero-order valence-corrected chi connectivity index (χ0v) is 19.8. The summed E-state index contributed by atoms with van der Waals surface area (Å²) in [4.78, 5) is 27.9. The van der Waals surface area contributed by atoms with Crippen LogP contribution < -0.4 is 10.6 Å². The first-order valence-corrected chi connectivity index (χ1v) is 11.2. The summed E-state index contributed by atoms with van der Waals surface area (Å²) in [5, 5.41) is 6.92. The molecule has 186 valence electrons. The number of pyridine rings is 1. The van der Waals surface area contributed by atoms with Crippen molar-refractivity contribution < 1.29 is 27.5 Å². The van der Waals surface area contributed by atoms with E-state index in [1.807, 2.05) is 32.0 Å².